The summed E-state index contributed by atoms with van der Waals surface area (Å²) in [5, 5.41) is 0. The van der Waals surface area contributed by atoms with Crippen LogP contribution < -0.4 is 11.3 Å². The van der Waals surface area contributed by atoms with Crippen LogP contribution in [0.1, 0.15) is 30.9 Å². The van der Waals surface area contributed by atoms with Gasteiger partial charge < -0.3 is 10.7 Å². The van der Waals surface area contributed by atoms with E-state index in [1.807, 2.05) is 13.8 Å². The molecule has 0 radical (unpaired) electrons. The number of H-pyrrole nitrogens is 1. The molecule has 3 N–H and O–H groups in total. The molecular formula is C10H17N3O. The summed E-state index contributed by atoms with van der Waals surface area (Å²) in [6, 6.07) is 0.0190. The number of aryl methyl sites for hydroxylation is 1. The highest BCUT2D eigenvalue weighted by Gasteiger charge is 2.06. The molecule has 0 amide bonds. The van der Waals surface area contributed by atoms with Crippen LogP contribution >= 0.6 is 0 Å². The molecule has 1 atom stereocenters. The summed E-state index contributed by atoms with van der Waals surface area (Å²) >= 11 is 0. The van der Waals surface area contributed by atoms with Crippen molar-refractivity contribution in [2.75, 3.05) is 0 Å². The van der Waals surface area contributed by atoms with Gasteiger partial charge in [-0.2, -0.15) is 0 Å². The minimum atomic E-state index is -0.0486. The van der Waals surface area contributed by atoms with Crippen molar-refractivity contribution in [2.24, 2.45) is 5.73 Å². The van der Waals surface area contributed by atoms with E-state index in [9.17, 15) is 4.79 Å². The fourth-order valence-electron chi connectivity index (χ4n) is 1.38. The van der Waals surface area contributed by atoms with E-state index in [-0.39, 0.29) is 11.6 Å². The summed E-state index contributed by atoms with van der Waals surface area (Å²) in [6.45, 7) is 5.68. The van der Waals surface area contributed by atoms with Gasteiger partial charge in [0.1, 0.15) is 5.82 Å². The Kier molecular flexibility index (Phi) is 3.41. The van der Waals surface area contributed by atoms with Gasteiger partial charge in [0.2, 0.25) is 0 Å². The third-order valence-corrected chi connectivity index (χ3v) is 2.15. The fourth-order valence-corrected chi connectivity index (χ4v) is 1.38. The van der Waals surface area contributed by atoms with Gasteiger partial charge in [-0.1, -0.05) is 6.92 Å². The standard InChI is InChI=1S/C10H17N3O/c1-4-8-7(3)10(14)13-9(12-8)5-6(2)11/h6H,4-5,11H2,1-3H3,(H,12,13,14). The van der Waals surface area contributed by atoms with Crippen LogP contribution in [-0.4, -0.2) is 16.0 Å². The first-order valence-electron chi connectivity index (χ1n) is 4.88. The predicted molar refractivity (Wildman–Crippen MR) is 56.3 cm³/mol. The van der Waals surface area contributed by atoms with Crippen molar-refractivity contribution in [3.05, 3.63) is 27.4 Å². The first-order chi connectivity index (χ1) is 6.54. The van der Waals surface area contributed by atoms with Crippen LogP contribution in [0.5, 0.6) is 0 Å². The van der Waals surface area contributed by atoms with Crippen molar-refractivity contribution in [1.29, 1.82) is 0 Å². The molecule has 4 heteroatoms. The highest BCUT2D eigenvalue weighted by Crippen LogP contribution is 2.01. The molecule has 0 aliphatic rings. The molecule has 0 aliphatic carbocycles. The van der Waals surface area contributed by atoms with Gasteiger partial charge in [-0.15, -0.1) is 0 Å². The van der Waals surface area contributed by atoms with Crippen LogP contribution in [0.4, 0.5) is 0 Å². The smallest absolute Gasteiger partial charge is 0.254 e. The highest BCUT2D eigenvalue weighted by atomic mass is 16.1. The summed E-state index contributed by atoms with van der Waals surface area (Å²) in [6.07, 6.45) is 1.39. The van der Waals surface area contributed by atoms with Gasteiger partial charge in [0, 0.05) is 18.0 Å². The lowest BCUT2D eigenvalue weighted by Gasteiger charge is -2.07. The molecular weight excluding hydrogens is 178 g/mol. The van der Waals surface area contributed by atoms with Crippen molar-refractivity contribution in [3.8, 4) is 0 Å². The van der Waals surface area contributed by atoms with Crippen molar-refractivity contribution in [1.82, 2.24) is 9.97 Å². The van der Waals surface area contributed by atoms with Gasteiger partial charge in [-0.05, 0) is 20.3 Å². The molecule has 78 valence electrons. The maximum atomic E-state index is 11.5. The van der Waals surface area contributed by atoms with Crippen LogP contribution in [0.2, 0.25) is 0 Å². The molecule has 1 aromatic rings. The number of hydrogen-bond donors (Lipinski definition) is 2. The Labute approximate surface area is 83.6 Å². The number of hydrogen-bond acceptors (Lipinski definition) is 3. The molecule has 1 heterocycles. The first kappa shape index (κ1) is 10.9. The molecule has 0 bridgehead atoms. The molecule has 1 unspecified atom stereocenters. The molecule has 0 saturated carbocycles. The highest BCUT2D eigenvalue weighted by molar-refractivity contribution is 5.16. The van der Waals surface area contributed by atoms with Crippen LogP contribution in [-0.2, 0) is 12.8 Å². The molecule has 0 saturated heterocycles. The van der Waals surface area contributed by atoms with E-state index >= 15 is 0 Å². The van der Waals surface area contributed by atoms with Crippen molar-refractivity contribution in [2.45, 2.75) is 39.7 Å². The Balaban J connectivity index is 3.10. The molecule has 0 spiro atoms. The van der Waals surface area contributed by atoms with Crippen molar-refractivity contribution in [3.63, 3.8) is 0 Å². The van der Waals surface area contributed by atoms with Crippen molar-refractivity contribution >= 4 is 0 Å². The Morgan fingerprint density at radius 2 is 2.21 bits per heavy atom. The second-order valence-electron chi connectivity index (χ2n) is 3.62. The Hall–Kier alpha value is -1.16. The van der Waals surface area contributed by atoms with Crippen LogP contribution in [0, 0.1) is 6.92 Å². The number of nitrogens with one attached hydrogen (secondary N) is 1. The van der Waals surface area contributed by atoms with Gasteiger partial charge in [-0.3, -0.25) is 4.79 Å². The molecule has 0 aromatic carbocycles. The van der Waals surface area contributed by atoms with E-state index in [1.165, 1.54) is 0 Å². The minimum Gasteiger partial charge on any atom is -0.328 e. The van der Waals surface area contributed by atoms with Gasteiger partial charge in [0.05, 0.1) is 5.69 Å². The zero-order valence-corrected chi connectivity index (χ0v) is 8.92. The summed E-state index contributed by atoms with van der Waals surface area (Å²) in [4.78, 5) is 18.6. The number of rotatable bonds is 3. The quantitative estimate of drug-likeness (QED) is 0.739. The van der Waals surface area contributed by atoms with Crippen molar-refractivity contribution < 1.29 is 0 Å². The topological polar surface area (TPSA) is 71.8 Å². The predicted octanol–water partition coefficient (Wildman–Crippen LogP) is 0.530. The van der Waals surface area contributed by atoms with E-state index in [1.54, 1.807) is 6.92 Å². The maximum Gasteiger partial charge on any atom is 0.254 e. The monoisotopic (exact) mass is 195 g/mol. The summed E-state index contributed by atoms with van der Waals surface area (Å²) in [5.41, 5.74) is 7.17. The molecule has 1 aromatic heterocycles. The molecule has 1 rings (SSSR count). The average molecular weight is 195 g/mol. The zero-order chi connectivity index (χ0) is 10.7. The largest absolute Gasteiger partial charge is 0.328 e. The summed E-state index contributed by atoms with van der Waals surface area (Å²) < 4.78 is 0. The second kappa shape index (κ2) is 4.37. The first-order valence-corrected chi connectivity index (χ1v) is 4.88. The van der Waals surface area contributed by atoms with Crippen LogP contribution in [0.15, 0.2) is 4.79 Å². The zero-order valence-electron chi connectivity index (χ0n) is 8.92. The third kappa shape index (κ3) is 2.42. The summed E-state index contributed by atoms with van der Waals surface area (Å²) in [7, 11) is 0. The second-order valence-corrected chi connectivity index (χ2v) is 3.62. The van der Waals surface area contributed by atoms with E-state index in [0.717, 1.165) is 12.1 Å². The maximum absolute atomic E-state index is 11.5. The lowest BCUT2D eigenvalue weighted by atomic mass is 10.2. The molecule has 14 heavy (non-hydrogen) atoms. The van der Waals surface area contributed by atoms with Crippen LogP contribution in [0.3, 0.4) is 0 Å². The van der Waals surface area contributed by atoms with Gasteiger partial charge in [0.25, 0.3) is 5.56 Å². The normalized spacial score (nSPS) is 12.9. The van der Waals surface area contributed by atoms with Gasteiger partial charge in [-0.25, -0.2) is 4.98 Å². The summed E-state index contributed by atoms with van der Waals surface area (Å²) in [5.74, 6) is 0.687. The molecule has 0 fully saturated rings. The lowest BCUT2D eigenvalue weighted by molar-refractivity contribution is 0.690. The SMILES string of the molecule is CCc1nc(CC(C)N)[nH]c(=O)c1C. The third-order valence-electron chi connectivity index (χ3n) is 2.15. The molecule has 4 nitrogen and oxygen atoms in total. The molecule has 0 aliphatic heterocycles. The van der Waals surface area contributed by atoms with Crippen LogP contribution in [0.25, 0.3) is 0 Å². The Bertz CT molecular complexity index is 368. The van der Waals surface area contributed by atoms with E-state index in [0.29, 0.717) is 17.8 Å². The van der Waals surface area contributed by atoms with Gasteiger partial charge in [0.15, 0.2) is 0 Å². The Morgan fingerprint density at radius 3 is 2.71 bits per heavy atom. The average Bonchev–Trinajstić information content (AvgIpc) is 2.10. The number of nitrogens with zero attached hydrogens (tertiary/aromatic N) is 1. The van der Waals surface area contributed by atoms with Gasteiger partial charge >= 0.3 is 0 Å². The van der Waals surface area contributed by atoms with E-state index < -0.39 is 0 Å². The number of nitrogens with two attached hydrogens (primary N) is 1. The minimum absolute atomic E-state index is 0.0190. The number of aromatic nitrogens is 2. The number of aromatic amines is 1. The lowest BCUT2D eigenvalue weighted by Crippen LogP contribution is -2.24. The van der Waals surface area contributed by atoms with E-state index in [2.05, 4.69) is 9.97 Å². The Morgan fingerprint density at radius 1 is 1.57 bits per heavy atom. The van der Waals surface area contributed by atoms with E-state index in [4.69, 9.17) is 5.73 Å². The fraction of sp³-hybridized carbons (Fsp3) is 0.600.